The second-order valence-corrected chi connectivity index (χ2v) is 2.74. The van der Waals surface area contributed by atoms with Gasteiger partial charge in [0, 0.05) is 0 Å². The van der Waals surface area contributed by atoms with Crippen molar-refractivity contribution in [1.82, 2.24) is 0 Å². The van der Waals surface area contributed by atoms with Gasteiger partial charge in [0.25, 0.3) is 0 Å². The van der Waals surface area contributed by atoms with Crippen LogP contribution in [0.2, 0.25) is 0 Å². The maximum atomic E-state index is 10.7. The van der Waals surface area contributed by atoms with E-state index in [2.05, 4.69) is 4.74 Å². The van der Waals surface area contributed by atoms with Gasteiger partial charge in [-0.15, -0.1) is 0 Å². The third-order valence-corrected chi connectivity index (χ3v) is 1.71. The maximum Gasteiger partial charge on any atom is 0.454 e. The molecule has 0 bridgehead atoms. The van der Waals surface area contributed by atoms with E-state index >= 15 is 0 Å². The molecule has 0 aromatic heterocycles. The molecule has 1 atom stereocenters. The Morgan fingerprint density at radius 2 is 1.93 bits per heavy atom. The third kappa shape index (κ3) is 2.20. The Morgan fingerprint density at radius 3 is 2.33 bits per heavy atom. The van der Waals surface area contributed by atoms with Crippen molar-refractivity contribution in [1.29, 1.82) is 0 Å². The fourth-order valence-corrected chi connectivity index (χ4v) is 1.03. The molecule has 0 radical (unpaired) electrons. The maximum absolute atomic E-state index is 10.7. The molecule has 0 saturated carbocycles. The van der Waals surface area contributed by atoms with Crippen molar-refractivity contribution in [2.75, 3.05) is 0 Å². The normalized spacial score (nSPS) is 13.9. The number of amides is 1. The number of ether oxygens (including phenoxy) is 1. The Labute approximate surface area is 84.8 Å². The van der Waals surface area contributed by atoms with E-state index in [4.69, 9.17) is 11.5 Å². The highest BCUT2D eigenvalue weighted by atomic mass is 16.7. The molecule has 80 valence electrons. The van der Waals surface area contributed by atoms with Crippen LogP contribution in [0.15, 0.2) is 30.3 Å². The number of hydrogen-bond acceptors (Lipinski definition) is 5. The zero-order valence-electron chi connectivity index (χ0n) is 7.62. The van der Waals surface area contributed by atoms with E-state index in [1.165, 1.54) is 24.3 Å². The van der Waals surface area contributed by atoms with E-state index in [0.717, 1.165) is 0 Å². The van der Waals surface area contributed by atoms with Crippen molar-refractivity contribution >= 4 is 6.09 Å². The predicted molar refractivity (Wildman–Crippen MR) is 50.0 cm³/mol. The number of primary amides is 1. The zero-order chi connectivity index (χ0) is 11.5. The molecular weight excluding hydrogens is 202 g/mol. The number of carbonyl (C=O) groups excluding carboxylic acids is 1. The van der Waals surface area contributed by atoms with Crippen molar-refractivity contribution in [3.8, 4) is 0 Å². The van der Waals surface area contributed by atoms with Crippen molar-refractivity contribution in [3.63, 3.8) is 0 Å². The SMILES string of the molecule is NC(=O)OC(N)(c1ccccc1)[N+](=O)[O-]. The second kappa shape index (κ2) is 3.93. The number of nitro groups is 1. The van der Waals surface area contributed by atoms with Crippen LogP contribution in [0.3, 0.4) is 0 Å². The van der Waals surface area contributed by atoms with Gasteiger partial charge in [-0.2, -0.15) is 0 Å². The molecule has 1 aromatic carbocycles. The van der Waals surface area contributed by atoms with Crippen molar-refractivity contribution in [3.05, 3.63) is 46.0 Å². The van der Waals surface area contributed by atoms with Gasteiger partial charge >= 0.3 is 11.9 Å². The van der Waals surface area contributed by atoms with Gasteiger partial charge in [0.1, 0.15) is 0 Å². The molecule has 7 heteroatoms. The third-order valence-electron chi connectivity index (χ3n) is 1.71. The number of carbonyl (C=O) groups is 1. The molecule has 1 amide bonds. The van der Waals surface area contributed by atoms with Crippen LogP contribution in [0, 0.1) is 10.1 Å². The topological polar surface area (TPSA) is 121 Å². The minimum atomic E-state index is -2.44. The highest BCUT2D eigenvalue weighted by Crippen LogP contribution is 2.19. The summed E-state index contributed by atoms with van der Waals surface area (Å²) < 4.78 is 4.30. The summed E-state index contributed by atoms with van der Waals surface area (Å²) in [6.07, 6.45) is -1.31. The lowest BCUT2D eigenvalue weighted by molar-refractivity contribution is -0.631. The molecule has 0 saturated heterocycles. The standard InChI is InChI=1S/C8H9N3O4/c9-7(12)15-8(10,11(13)14)6-4-2-1-3-5-6/h1-5H,10H2,(H2,9,12). The van der Waals surface area contributed by atoms with Gasteiger partial charge in [-0.05, 0) is 12.1 Å². The van der Waals surface area contributed by atoms with Gasteiger partial charge in [0.2, 0.25) is 0 Å². The Bertz CT molecular complexity index is 381. The van der Waals surface area contributed by atoms with Gasteiger partial charge in [0.15, 0.2) is 0 Å². The summed E-state index contributed by atoms with van der Waals surface area (Å²) in [6.45, 7) is 0. The van der Waals surface area contributed by atoms with Crippen molar-refractivity contribution < 1.29 is 14.5 Å². The first-order chi connectivity index (χ1) is 6.97. The van der Waals surface area contributed by atoms with E-state index in [-0.39, 0.29) is 5.56 Å². The molecule has 0 aliphatic carbocycles. The van der Waals surface area contributed by atoms with Crippen LogP contribution < -0.4 is 11.5 Å². The van der Waals surface area contributed by atoms with Crippen LogP contribution in [0.5, 0.6) is 0 Å². The summed E-state index contributed by atoms with van der Waals surface area (Å²) in [5.74, 6) is -2.44. The van der Waals surface area contributed by atoms with Gasteiger partial charge in [0.05, 0.1) is 10.5 Å². The average molecular weight is 211 g/mol. The Hall–Kier alpha value is -2.15. The summed E-state index contributed by atoms with van der Waals surface area (Å²) in [5, 5.41) is 10.7. The summed E-state index contributed by atoms with van der Waals surface area (Å²) in [4.78, 5) is 20.3. The molecule has 1 aromatic rings. The van der Waals surface area contributed by atoms with E-state index in [1.54, 1.807) is 6.07 Å². The minimum absolute atomic E-state index is 0.0359. The Morgan fingerprint density at radius 1 is 1.40 bits per heavy atom. The molecule has 1 unspecified atom stereocenters. The monoisotopic (exact) mass is 211 g/mol. The highest BCUT2D eigenvalue weighted by Gasteiger charge is 2.44. The van der Waals surface area contributed by atoms with Crippen LogP contribution in [0.25, 0.3) is 0 Å². The molecular formula is C8H9N3O4. The fraction of sp³-hybridized carbons (Fsp3) is 0.125. The van der Waals surface area contributed by atoms with Gasteiger partial charge < -0.3 is 10.5 Å². The lowest BCUT2D eigenvalue weighted by atomic mass is 10.1. The predicted octanol–water partition coefficient (Wildman–Crippen LogP) is 0.128. The first kappa shape index (κ1) is 10.9. The van der Waals surface area contributed by atoms with Crippen LogP contribution in [-0.4, -0.2) is 11.0 Å². The van der Waals surface area contributed by atoms with Gasteiger partial charge in [-0.3, -0.25) is 10.1 Å². The smallest absolute Gasteiger partial charge is 0.362 e. The summed E-state index contributed by atoms with van der Waals surface area (Å²) in [6, 6.07) is 7.45. The van der Waals surface area contributed by atoms with Gasteiger partial charge in [-0.25, -0.2) is 10.5 Å². The molecule has 0 aliphatic rings. The van der Waals surface area contributed by atoms with Crippen molar-refractivity contribution in [2.45, 2.75) is 5.85 Å². The summed E-state index contributed by atoms with van der Waals surface area (Å²) in [7, 11) is 0. The summed E-state index contributed by atoms with van der Waals surface area (Å²) >= 11 is 0. The lowest BCUT2D eigenvalue weighted by Crippen LogP contribution is -2.49. The Balaban J connectivity index is 3.13. The van der Waals surface area contributed by atoms with Crippen LogP contribution >= 0.6 is 0 Å². The lowest BCUT2D eigenvalue weighted by Gasteiger charge is -2.18. The molecule has 15 heavy (non-hydrogen) atoms. The number of nitrogens with zero attached hydrogens (tertiary/aromatic N) is 1. The molecule has 7 nitrogen and oxygen atoms in total. The molecule has 0 spiro atoms. The number of benzene rings is 1. The first-order valence-electron chi connectivity index (χ1n) is 3.94. The minimum Gasteiger partial charge on any atom is -0.362 e. The van der Waals surface area contributed by atoms with Crippen molar-refractivity contribution in [2.24, 2.45) is 11.5 Å². The largest absolute Gasteiger partial charge is 0.454 e. The summed E-state index contributed by atoms with van der Waals surface area (Å²) in [5.41, 5.74) is 10.1. The van der Waals surface area contributed by atoms with Gasteiger partial charge in [-0.1, -0.05) is 18.2 Å². The van der Waals surface area contributed by atoms with Crippen LogP contribution in [0.1, 0.15) is 5.56 Å². The van der Waals surface area contributed by atoms with Crippen LogP contribution in [-0.2, 0) is 10.6 Å². The Kier molecular flexibility index (Phi) is 2.86. The average Bonchev–Trinajstić information content (AvgIpc) is 2.17. The fourth-order valence-electron chi connectivity index (χ4n) is 1.03. The number of nitrogens with two attached hydrogens (primary N) is 2. The number of rotatable bonds is 3. The van der Waals surface area contributed by atoms with Crippen LogP contribution in [0.4, 0.5) is 4.79 Å². The quantitative estimate of drug-likeness (QED) is 0.418. The molecule has 1 rings (SSSR count). The van der Waals surface area contributed by atoms with E-state index in [9.17, 15) is 14.9 Å². The molecule has 0 heterocycles. The zero-order valence-corrected chi connectivity index (χ0v) is 7.62. The number of hydrogen-bond donors (Lipinski definition) is 2. The van der Waals surface area contributed by atoms with E-state index < -0.39 is 16.9 Å². The first-order valence-corrected chi connectivity index (χ1v) is 3.94. The second-order valence-electron chi connectivity index (χ2n) is 2.74. The molecule has 4 N–H and O–H groups in total. The van der Waals surface area contributed by atoms with E-state index in [0.29, 0.717) is 0 Å². The van der Waals surface area contributed by atoms with E-state index in [1.807, 2.05) is 0 Å². The molecule has 0 aliphatic heterocycles. The molecule has 0 fully saturated rings. The highest BCUT2D eigenvalue weighted by molar-refractivity contribution is 5.65.